The Morgan fingerprint density at radius 3 is 3.00 bits per heavy atom. The summed E-state index contributed by atoms with van der Waals surface area (Å²) in [5.41, 5.74) is 1.19. The van der Waals surface area contributed by atoms with Crippen LogP contribution in [0.25, 0.3) is 17.0 Å². The molecule has 0 atom stereocenters. The van der Waals surface area contributed by atoms with E-state index in [1.165, 1.54) is 6.07 Å². The number of pyridine rings is 1. The Balaban J connectivity index is 2.84. The molecule has 0 bridgehead atoms. The summed E-state index contributed by atoms with van der Waals surface area (Å²) in [5.74, 6) is -0.298. The first-order valence-electron chi connectivity index (χ1n) is 3.98. The molecule has 0 aliphatic carbocycles. The van der Waals surface area contributed by atoms with E-state index in [9.17, 15) is 4.39 Å². The lowest BCUT2D eigenvalue weighted by Gasteiger charge is -1.99. The van der Waals surface area contributed by atoms with Gasteiger partial charge < -0.3 is 0 Å². The maximum absolute atomic E-state index is 13.3. The highest BCUT2D eigenvalue weighted by Crippen LogP contribution is 2.17. The Morgan fingerprint density at radius 1 is 1.38 bits per heavy atom. The molecule has 0 saturated heterocycles. The van der Waals surface area contributed by atoms with Gasteiger partial charge in [0.05, 0.1) is 0 Å². The minimum Gasteiger partial charge on any atom is -0.253 e. The van der Waals surface area contributed by atoms with Crippen LogP contribution >= 0.6 is 0 Å². The van der Waals surface area contributed by atoms with Gasteiger partial charge in [-0.25, -0.2) is 4.39 Å². The third-order valence-corrected chi connectivity index (χ3v) is 1.92. The van der Waals surface area contributed by atoms with Crippen LogP contribution in [-0.4, -0.2) is 4.98 Å². The highest BCUT2D eigenvalue weighted by Gasteiger charge is 2.01. The summed E-state index contributed by atoms with van der Waals surface area (Å²) >= 11 is 0. The smallest absolute Gasteiger partial charge is 0.150 e. The molecule has 1 heterocycles. The standard InChI is InChI=1S/C11H8FN/c1-2-8-6-9-4-3-5-13-11(9)10(12)7-8/h2-7H,1H2. The molecule has 0 amide bonds. The van der Waals surface area contributed by atoms with Gasteiger partial charge in [-0.1, -0.05) is 18.7 Å². The number of halogens is 1. The summed E-state index contributed by atoms with van der Waals surface area (Å²) < 4.78 is 13.3. The van der Waals surface area contributed by atoms with Gasteiger partial charge in [0.15, 0.2) is 0 Å². The lowest BCUT2D eigenvalue weighted by molar-refractivity contribution is 0.636. The zero-order chi connectivity index (χ0) is 9.26. The molecule has 0 unspecified atom stereocenters. The van der Waals surface area contributed by atoms with Gasteiger partial charge in [0.2, 0.25) is 0 Å². The van der Waals surface area contributed by atoms with Gasteiger partial charge in [-0.3, -0.25) is 4.98 Å². The van der Waals surface area contributed by atoms with Crippen molar-refractivity contribution in [3.8, 4) is 0 Å². The lowest BCUT2D eigenvalue weighted by Crippen LogP contribution is -1.84. The summed E-state index contributed by atoms with van der Waals surface area (Å²) in [4.78, 5) is 3.95. The third kappa shape index (κ3) is 1.31. The van der Waals surface area contributed by atoms with Crippen molar-refractivity contribution in [3.05, 3.63) is 48.4 Å². The first-order valence-corrected chi connectivity index (χ1v) is 3.98. The van der Waals surface area contributed by atoms with Crippen molar-refractivity contribution in [2.45, 2.75) is 0 Å². The molecule has 0 aliphatic heterocycles. The highest BCUT2D eigenvalue weighted by molar-refractivity contribution is 5.81. The molecule has 0 spiro atoms. The SMILES string of the molecule is C=Cc1cc(F)c2ncccc2c1. The quantitative estimate of drug-likeness (QED) is 0.646. The predicted octanol–water partition coefficient (Wildman–Crippen LogP) is 3.02. The maximum atomic E-state index is 13.3. The minimum absolute atomic E-state index is 0.298. The normalized spacial score (nSPS) is 10.2. The van der Waals surface area contributed by atoms with Crippen LogP contribution in [0.4, 0.5) is 4.39 Å². The van der Waals surface area contributed by atoms with E-state index in [2.05, 4.69) is 11.6 Å². The highest BCUT2D eigenvalue weighted by atomic mass is 19.1. The van der Waals surface area contributed by atoms with E-state index in [4.69, 9.17) is 0 Å². The zero-order valence-corrected chi connectivity index (χ0v) is 7.00. The number of hydrogen-bond acceptors (Lipinski definition) is 1. The average molecular weight is 173 g/mol. The molecule has 13 heavy (non-hydrogen) atoms. The molecule has 2 heteroatoms. The molecule has 0 saturated carbocycles. The molecule has 0 aliphatic rings. The Morgan fingerprint density at radius 2 is 2.23 bits per heavy atom. The van der Waals surface area contributed by atoms with E-state index in [1.807, 2.05) is 12.1 Å². The Labute approximate surface area is 75.5 Å². The second-order valence-corrected chi connectivity index (χ2v) is 2.78. The van der Waals surface area contributed by atoms with Crippen molar-refractivity contribution in [1.82, 2.24) is 4.98 Å². The molecule has 1 aromatic carbocycles. The molecule has 0 fully saturated rings. The zero-order valence-electron chi connectivity index (χ0n) is 7.00. The van der Waals surface area contributed by atoms with Crippen molar-refractivity contribution in [2.24, 2.45) is 0 Å². The molecular formula is C11H8FN. The van der Waals surface area contributed by atoms with E-state index in [1.54, 1.807) is 18.3 Å². The fourth-order valence-corrected chi connectivity index (χ4v) is 1.29. The molecule has 2 rings (SSSR count). The number of benzene rings is 1. The van der Waals surface area contributed by atoms with Crippen LogP contribution in [-0.2, 0) is 0 Å². The summed E-state index contributed by atoms with van der Waals surface area (Å²) in [6.45, 7) is 3.59. The average Bonchev–Trinajstić information content (AvgIpc) is 2.18. The second-order valence-electron chi connectivity index (χ2n) is 2.78. The van der Waals surface area contributed by atoms with Crippen LogP contribution in [0.3, 0.4) is 0 Å². The largest absolute Gasteiger partial charge is 0.253 e. The van der Waals surface area contributed by atoms with Crippen molar-refractivity contribution in [1.29, 1.82) is 0 Å². The molecule has 2 aromatic rings. The van der Waals surface area contributed by atoms with E-state index >= 15 is 0 Å². The third-order valence-electron chi connectivity index (χ3n) is 1.92. The first kappa shape index (κ1) is 7.92. The monoisotopic (exact) mass is 173 g/mol. The summed E-state index contributed by atoms with van der Waals surface area (Å²) in [5, 5.41) is 0.803. The number of nitrogens with zero attached hydrogens (tertiary/aromatic N) is 1. The van der Waals surface area contributed by atoms with E-state index in [0.717, 1.165) is 10.9 Å². The van der Waals surface area contributed by atoms with E-state index in [-0.39, 0.29) is 5.82 Å². The molecule has 64 valence electrons. The molecule has 1 nitrogen and oxygen atoms in total. The van der Waals surface area contributed by atoms with E-state index < -0.39 is 0 Å². The van der Waals surface area contributed by atoms with Crippen LogP contribution in [0.2, 0.25) is 0 Å². The molecule has 1 aromatic heterocycles. The molecular weight excluding hydrogens is 165 g/mol. The van der Waals surface area contributed by atoms with Crippen molar-refractivity contribution >= 4 is 17.0 Å². The van der Waals surface area contributed by atoms with Gasteiger partial charge in [-0.05, 0) is 23.8 Å². The maximum Gasteiger partial charge on any atom is 0.150 e. The van der Waals surface area contributed by atoms with Gasteiger partial charge >= 0.3 is 0 Å². The first-order chi connectivity index (χ1) is 6.31. The summed E-state index contributed by atoms with van der Waals surface area (Å²) in [7, 11) is 0. The van der Waals surface area contributed by atoms with Crippen LogP contribution in [0.1, 0.15) is 5.56 Å². The number of hydrogen-bond donors (Lipinski definition) is 0. The van der Waals surface area contributed by atoms with Gasteiger partial charge in [0.25, 0.3) is 0 Å². The molecule has 0 radical (unpaired) electrons. The van der Waals surface area contributed by atoms with Crippen molar-refractivity contribution in [3.63, 3.8) is 0 Å². The number of fused-ring (bicyclic) bond motifs is 1. The fourth-order valence-electron chi connectivity index (χ4n) is 1.29. The fraction of sp³-hybridized carbons (Fsp3) is 0. The van der Waals surface area contributed by atoms with Gasteiger partial charge in [-0.15, -0.1) is 0 Å². The van der Waals surface area contributed by atoms with Gasteiger partial charge in [-0.2, -0.15) is 0 Å². The summed E-state index contributed by atoms with van der Waals surface area (Å²) in [6.07, 6.45) is 3.20. The number of rotatable bonds is 1. The van der Waals surface area contributed by atoms with Gasteiger partial charge in [0, 0.05) is 11.6 Å². The van der Waals surface area contributed by atoms with Gasteiger partial charge in [0.1, 0.15) is 11.3 Å². The number of aromatic nitrogens is 1. The van der Waals surface area contributed by atoms with E-state index in [0.29, 0.717) is 5.52 Å². The van der Waals surface area contributed by atoms with Crippen LogP contribution in [0.5, 0.6) is 0 Å². The Hall–Kier alpha value is -1.70. The Kier molecular flexibility index (Phi) is 1.81. The second kappa shape index (κ2) is 2.98. The van der Waals surface area contributed by atoms with Crippen LogP contribution in [0.15, 0.2) is 37.0 Å². The van der Waals surface area contributed by atoms with Crippen molar-refractivity contribution < 1.29 is 4.39 Å². The predicted molar refractivity (Wildman–Crippen MR) is 51.8 cm³/mol. The summed E-state index contributed by atoms with van der Waals surface area (Å²) in [6, 6.07) is 6.91. The van der Waals surface area contributed by atoms with Crippen LogP contribution in [0, 0.1) is 5.82 Å². The van der Waals surface area contributed by atoms with Crippen molar-refractivity contribution in [2.75, 3.05) is 0 Å². The van der Waals surface area contributed by atoms with Crippen LogP contribution < -0.4 is 0 Å². The topological polar surface area (TPSA) is 12.9 Å². The lowest BCUT2D eigenvalue weighted by atomic mass is 10.1. The Bertz CT molecular complexity index is 463. The minimum atomic E-state index is -0.298. The molecule has 0 N–H and O–H groups in total.